The molecular formula is C8H19N3. The summed E-state index contributed by atoms with van der Waals surface area (Å²) in [5, 5.41) is 2.34. The highest BCUT2D eigenvalue weighted by Crippen LogP contribution is 2.16. The highest BCUT2D eigenvalue weighted by Gasteiger charge is 2.21. The van der Waals surface area contributed by atoms with Crippen LogP contribution in [0.4, 0.5) is 0 Å². The van der Waals surface area contributed by atoms with Crippen LogP contribution in [0.15, 0.2) is 0 Å². The standard InChI is InChI=1S/C8H19N3/c1-2-8-4-3-7-11(8)10-6-5-9/h8,10H,2-7,9H2,1H3. The summed E-state index contributed by atoms with van der Waals surface area (Å²) in [6.45, 7) is 5.08. The minimum Gasteiger partial charge on any atom is -0.329 e. The van der Waals surface area contributed by atoms with Crippen LogP contribution in [0.2, 0.25) is 0 Å². The van der Waals surface area contributed by atoms with E-state index in [1.807, 2.05) is 0 Å². The Bertz CT molecular complexity index is 106. The van der Waals surface area contributed by atoms with E-state index in [0.29, 0.717) is 0 Å². The zero-order chi connectivity index (χ0) is 8.10. The summed E-state index contributed by atoms with van der Waals surface area (Å²) in [5.74, 6) is 0. The predicted octanol–water partition coefficient (Wildman–Crippen LogP) is 0.324. The van der Waals surface area contributed by atoms with Crippen LogP contribution in [-0.2, 0) is 0 Å². The molecule has 1 heterocycles. The Labute approximate surface area is 68.9 Å². The zero-order valence-corrected chi connectivity index (χ0v) is 7.34. The molecule has 1 unspecified atom stereocenters. The van der Waals surface area contributed by atoms with Gasteiger partial charge in [-0.1, -0.05) is 6.92 Å². The molecule has 1 aliphatic rings. The second-order valence-electron chi connectivity index (χ2n) is 3.09. The maximum absolute atomic E-state index is 5.40. The SMILES string of the molecule is CCC1CCCN1NCCN. The summed E-state index contributed by atoms with van der Waals surface area (Å²) in [4.78, 5) is 0. The van der Waals surface area contributed by atoms with Gasteiger partial charge in [0.05, 0.1) is 0 Å². The fourth-order valence-corrected chi connectivity index (χ4v) is 1.68. The van der Waals surface area contributed by atoms with Crippen molar-refractivity contribution in [3.63, 3.8) is 0 Å². The molecule has 0 saturated carbocycles. The summed E-state index contributed by atoms with van der Waals surface area (Å²) < 4.78 is 0. The summed E-state index contributed by atoms with van der Waals surface area (Å²) in [5.41, 5.74) is 8.74. The van der Waals surface area contributed by atoms with Gasteiger partial charge in [0.25, 0.3) is 0 Å². The molecule has 1 aliphatic heterocycles. The largest absolute Gasteiger partial charge is 0.329 e. The minimum atomic E-state index is 0.729. The van der Waals surface area contributed by atoms with E-state index >= 15 is 0 Å². The molecule has 0 amide bonds. The summed E-state index contributed by atoms with van der Waals surface area (Å²) >= 11 is 0. The smallest absolute Gasteiger partial charge is 0.0241 e. The lowest BCUT2D eigenvalue weighted by Crippen LogP contribution is -2.43. The zero-order valence-electron chi connectivity index (χ0n) is 7.34. The molecule has 0 aromatic rings. The average molecular weight is 157 g/mol. The normalized spacial score (nSPS) is 26.2. The third-order valence-corrected chi connectivity index (χ3v) is 2.31. The van der Waals surface area contributed by atoms with Gasteiger partial charge in [-0.3, -0.25) is 5.43 Å². The van der Waals surface area contributed by atoms with Gasteiger partial charge in [0.2, 0.25) is 0 Å². The van der Waals surface area contributed by atoms with Crippen molar-refractivity contribution in [1.29, 1.82) is 0 Å². The Kier molecular flexibility index (Phi) is 3.83. The second-order valence-corrected chi connectivity index (χ2v) is 3.09. The topological polar surface area (TPSA) is 41.3 Å². The fraction of sp³-hybridized carbons (Fsp3) is 1.00. The van der Waals surface area contributed by atoms with E-state index in [0.717, 1.165) is 19.1 Å². The summed E-state index contributed by atoms with van der Waals surface area (Å²) in [6, 6.07) is 0.751. The van der Waals surface area contributed by atoms with E-state index in [9.17, 15) is 0 Å². The number of rotatable bonds is 4. The molecule has 3 nitrogen and oxygen atoms in total. The Morgan fingerprint density at radius 2 is 2.45 bits per heavy atom. The lowest BCUT2D eigenvalue weighted by atomic mass is 10.2. The first-order valence-electron chi connectivity index (χ1n) is 4.58. The molecule has 11 heavy (non-hydrogen) atoms. The fourth-order valence-electron chi connectivity index (χ4n) is 1.68. The van der Waals surface area contributed by atoms with Crippen molar-refractivity contribution in [2.75, 3.05) is 19.6 Å². The van der Waals surface area contributed by atoms with Gasteiger partial charge in [0.1, 0.15) is 0 Å². The number of hydrogen-bond donors (Lipinski definition) is 2. The second kappa shape index (κ2) is 4.70. The summed E-state index contributed by atoms with van der Waals surface area (Å²) in [6.07, 6.45) is 3.92. The molecule has 3 N–H and O–H groups in total. The van der Waals surface area contributed by atoms with Gasteiger partial charge in [-0.2, -0.15) is 0 Å². The first-order chi connectivity index (χ1) is 5.38. The Morgan fingerprint density at radius 1 is 1.64 bits per heavy atom. The molecule has 0 aromatic carbocycles. The van der Waals surface area contributed by atoms with Crippen molar-refractivity contribution < 1.29 is 0 Å². The third kappa shape index (κ3) is 2.43. The van der Waals surface area contributed by atoms with Crippen LogP contribution < -0.4 is 11.2 Å². The molecule has 0 spiro atoms. The Hall–Kier alpha value is -0.120. The van der Waals surface area contributed by atoms with Crippen LogP contribution in [0.1, 0.15) is 26.2 Å². The molecule has 1 atom stereocenters. The highest BCUT2D eigenvalue weighted by atomic mass is 15.5. The lowest BCUT2D eigenvalue weighted by Gasteiger charge is -2.23. The molecule has 66 valence electrons. The number of hydrogen-bond acceptors (Lipinski definition) is 3. The van der Waals surface area contributed by atoms with E-state index in [1.54, 1.807) is 0 Å². The monoisotopic (exact) mass is 157 g/mol. The van der Waals surface area contributed by atoms with Gasteiger partial charge in [-0.15, -0.1) is 0 Å². The van der Waals surface area contributed by atoms with Gasteiger partial charge in [-0.05, 0) is 19.3 Å². The first kappa shape index (κ1) is 8.97. The van der Waals surface area contributed by atoms with Crippen molar-refractivity contribution in [1.82, 2.24) is 10.4 Å². The number of nitrogens with two attached hydrogens (primary N) is 1. The molecular weight excluding hydrogens is 138 g/mol. The maximum atomic E-state index is 5.40. The predicted molar refractivity (Wildman–Crippen MR) is 47.1 cm³/mol. The van der Waals surface area contributed by atoms with Crippen molar-refractivity contribution in [3.8, 4) is 0 Å². The van der Waals surface area contributed by atoms with Gasteiger partial charge in [0, 0.05) is 25.7 Å². The molecule has 0 aromatic heterocycles. The average Bonchev–Trinajstić information content (AvgIpc) is 2.47. The molecule has 0 bridgehead atoms. The van der Waals surface area contributed by atoms with Crippen molar-refractivity contribution in [2.45, 2.75) is 32.2 Å². The number of nitrogens with one attached hydrogen (secondary N) is 1. The molecule has 1 rings (SSSR count). The van der Waals surface area contributed by atoms with Crippen LogP contribution in [0.25, 0.3) is 0 Å². The minimum absolute atomic E-state index is 0.729. The molecule has 0 radical (unpaired) electrons. The van der Waals surface area contributed by atoms with E-state index in [2.05, 4.69) is 17.4 Å². The molecule has 3 heteroatoms. The van der Waals surface area contributed by atoms with Gasteiger partial charge in [0.15, 0.2) is 0 Å². The van der Waals surface area contributed by atoms with Crippen LogP contribution in [0.3, 0.4) is 0 Å². The quantitative estimate of drug-likeness (QED) is 0.617. The summed E-state index contributed by atoms with van der Waals surface area (Å²) in [7, 11) is 0. The highest BCUT2D eigenvalue weighted by molar-refractivity contribution is 4.74. The molecule has 1 saturated heterocycles. The molecule has 1 fully saturated rings. The van der Waals surface area contributed by atoms with Crippen LogP contribution in [-0.4, -0.2) is 30.7 Å². The Morgan fingerprint density at radius 3 is 3.09 bits per heavy atom. The lowest BCUT2D eigenvalue weighted by molar-refractivity contribution is 0.169. The van der Waals surface area contributed by atoms with E-state index in [-0.39, 0.29) is 0 Å². The van der Waals surface area contributed by atoms with Crippen LogP contribution in [0.5, 0.6) is 0 Å². The van der Waals surface area contributed by atoms with E-state index in [1.165, 1.54) is 25.8 Å². The van der Waals surface area contributed by atoms with Crippen LogP contribution >= 0.6 is 0 Å². The Balaban J connectivity index is 2.20. The van der Waals surface area contributed by atoms with Gasteiger partial charge >= 0.3 is 0 Å². The van der Waals surface area contributed by atoms with Crippen molar-refractivity contribution in [3.05, 3.63) is 0 Å². The number of nitrogens with zero attached hydrogens (tertiary/aromatic N) is 1. The van der Waals surface area contributed by atoms with Gasteiger partial charge < -0.3 is 5.73 Å². The first-order valence-corrected chi connectivity index (χ1v) is 4.58. The number of hydrazine groups is 1. The van der Waals surface area contributed by atoms with Crippen molar-refractivity contribution >= 4 is 0 Å². The van der Waals surface area contributed by atoms with Gasteiger partial charge in [-0.25, -0.2) is 5.01 Å². The maximum Gasteiger partial charge on any atom is 0.0241 e. The van der Waals surface area contributed by atoms with Crippen molar-refractivity contribution in [2.24, 2.45) is 5.73 Å². The van der Waals surface area contributed by atoms with Crippen LogP contribution in [0, 0.1) is 0 Å². The van der Waals surface area contributed by atoms with E-state index < -0.39 is 0 Å². The van der Waals surface area contributed by atoms with E-state index in [4.69, 9.17) is 5.73 Å². The third-order valence-electron chi connectivity index (χ3n) is 2.31. The molecule has 0 aliphatic carbocycles.